The minimum Gasteiger partial charge on any atom is -0.436 e. The monoisotopic (exact) mass is 349 g/mol. The Kier molecular flexibility index (Phi) is 5.88. The van der Waals surface area contributed by atoms with E-state index in [1.807, 2.05) is 36.4 Å². The third-order valence-electron chi connectivity index (χ3n) is 2.65. The summed E-state index contributed by atoms with van der Waals surface area (Å²) in [5, 5.41) is 11.2. The summed E-state index contributed by atoms with van der Waals surface area (Å²) < 4.78 is 5.57. The van der Waals surface area contributed by atoms with Crippen LogP contribution in [0.4, 0.5) is 0 Å². The highest BCUT2D eigenvalue weighted by Gasteiger charge is 2.05. The van der Waals surface area contributed by atoms with Gasteiger partial charge < -0.3 is 4.74 Å². The standard InChI is InChI=1S/C14H9Cl2N3O.CO2/c15-11-4-10(5-12(16)7-11)9-2-1-3-13(6-9)20-14-8-17-19-18-14;2-1-3/h1-8H,(H,17,18,19);. The molecule has 3 aromatic rings. The summed E-state index contributed by atoms with van der Waals surface area (Å²) in [6.45, 7) is 0. The van der Waals surface area contributed by atoms with Crippen molar-refractivity contribution < 1.29 is 14.3 Å². The third-order valence-corrected chi connectivity index (χ3v) is 3.08. The molecule has 2 aromatic carbocycles. The molecule has 1 heterocycles. The first-order chi connectivity index (χ1) is 11.1. The predicted molar refractivity (Wildman–Crippen MR) is 83.4 cm³/mol. The molecule has 8 heteroatoms. The molecule has 0 aliphatic carbocycles. The Morgan fingerprint density at radius 2 is 1.70 bits per heavy atom. The van der Waals surface area contributed by atoms with E-state index in [-0.39, 0.29) is 6.15 Å². The van der Waals surface area contributed by atoms with Gasteiger partial charge in [-0.2, -0.15) is 19.9 Å². The van der Waals surface area contributed by atoms with Gasteiger partial charge in [-0.25, -0.2) is 0 Å². The topological polar surface area (TPSA) is 84.9 Å². The molecule has 23 heavy (non-hydrogen) atoms. The summed E-state index contributed by atoms with van der Waals surface area (Å²) in [6.07, 6.45) is 1.75. The molecular formula is C15H9Cl2N3O3. The Morgan fingerprint density at radius 3 is 2.30 bits per heavy atom. The fraction of sp³-hybridized carbons (Fsp3) is 0. The lowest BCUT2D eigenvalue weighted by molar-refractivity contribution is -0.191. The first kappa shape index (κ1) is 16.7. The van der Waals surface area contributed by atoms with Crippen LogP contribution in [0.25, 0.3) is 11.1 Å². The summed E-state index contributed by atoms with van der Waals surface area (Å²) in [5.41, 5.74) is 1.88. The molecule has 0 fully saturated rings. The summed E-state index contributed by atoms with van der Waals surface area (Å²) >= 11 is 12.0. The number of hydrogen-bond donors (Lipinski definition) is 1. The first-order valence-electron chi connectivity index (χ1n) is 6.22. The number of carbonyl (C=O) groups excluding carboxylic acids is 2. The minimum absolute atomic E-state index is 0.250. The predicted octanol–water partition coefficient (Wildman–Crippen LogP) is 3.99. The van der Waals surface area contributed by atoms with Crippen LogP contribution in [-0.2, 0) is 9.59 Å². The largest absolute Gasteiger partial charge is 0.436 e. The SMILES string of the molecule is Clc1cc(Cl)cc(-c2cccc(Oc3cn[nH]n3)c2)c1.O=C=O. The molecule has 1 aromatic heterocycles. The molecule has 0 bridgehead atoms. The van der Waals surface area contributed by atoms with E-state index in [2.05, 4.69) is 15.4 Å². The number of ether oxygens (including phenoxy) is 1. The van der Waals surface area contributed by atoms with Crippen LogP contribution in [0.15, 0.2) is 48.7 Å². The Morgan fingerprint density at radius 1 is 1.00 bits per heavy atom. The van der Waals surface area contributed by atoms with Crippen LogP contribution in [0.3, 0.4) is 0 Å². The quantitative estimate of drug-likeness (QED) is 0.772. The minimum atomic E-state index is 0.250. The van der Waals surface area contributed by atoms with Crippen molar-refractivity contribution in [2.24, 2.45) is 0 Å². The van der Waals surface area contributed by atoms with Gasteiger partial charge >= 0.3 is 6.15 Å². The molecule has 0 saturated heterocycles. The number of hydrogen-bond acceptors (Lipinski definition) is 5. The van der Waals surface area contributed by atoms with Crippen LogP contribution in [0.5, 0.6) is 11.6 Å². The van der Waals surface area contributed by atoms with Gasteiger partial charge in [0.2, 0.25) is 0 Å². The molecule has 116 valence electrons. The van der Waals surface area contributed by atoms with Gasteiger partial charge in [-0.05, 0) is 41.5 Å². The molecule has 0 unspecified atom stereocenters. The van der Waals surface area contributed by atoms with Crippen LogP contribution >= 0.6 is 23.2 Å². The second kappa shape index (κ2) is 8.10. The van der Waals surface area contributed by atoms with Crippen molar-refractivity contribution in [1.29, 1.82) is 0 Å². The number of benzene rings is 2. The van der Waals surface area contributed by atoms with Crippen molar-refractivity contribution in [3.8, 4) is 22.8 Å². The number of nitrogens with zero attached hydrogens (tertiary/aromatic N) is 2. The Balaban J connectivity index is 0.000000595. The first-order valence-corrected chi connectivity index (χ1v) is 6.97. The number of aromatic nitrogens is 3. The summed E-state index contributed by atoms with van der Waals surface area (Å²) in [7, 11) is 0. The molecule has 6 nitrogen and oxygen atoms in total. The van der Waals surface area contributed by atoms with E-state index in [1.54, 1.807) is 6.07 Å². The maximum atomic E-state index is 8.12. The maximum Gasteiger partial charge on any atom is 0.373 e. The summed E-state index contributed by atoms with van der Waals surface area (Å²) in [6, 6.07) is 13.0. The molecular weight excluding hydrogens is 341 g/mol. The van der Waals surface area contributed by atoms with E-state index >= 15 is 0 Å². The van der Waals surface area contributed by atoms with Crippen molar-refractivity contribution in [3.63, 3.8) is 0 Å². The molecule has 0 saturated carbocycles. The average molecular weight is 350 g/mol. The molecule has 1 N–H and O–H groups in total. The molecule has 3 rings (SSSR count). The maximum absolute atomic E-state index is 8.12. The Bertz CT molecular complexity index is 796. The number of H-pyrrole nitrogens is 1. The zero-order chi connectivity index (χ0) is 16.7. The number of nitrogens with one attached hydrogen (secondary N) is 1. The molecule has 0 radical (unpaired) electrons. The van der Waals surface area contributed by atoms with Crippen LogP contribution in [0.2, 0.25) is 10.0 Å². The molecule has 0 aliphatic rings. The normalized spacial score (nSPS) is 9.48. The average Bonchev–Trinajstić information content (AvgIpc) is 3.00. The van der Waals surface area contributed by atoms with Gasteiger partial charge in [0.05, 0.1) is 0 Å². The molecule has 0 aliphatic heterocycles. The van der Waals surface area contributed by atoms with E-state index in [1.165, 1.54) is 6.20 Å². The number of aromatic amines is 1. The van der Waals surface area contributed by atoms with E-state index in [4.69, 9.17) is 37.5 Å². The van der Waals surface area contributed by atoms with Crippen molar-refractivity contribution in [1.82, 2.24) is 15.4 Å². The number of halogens is 2. The van der Waals surface area contributed by atoms with Gasteiger partial charge in [0.15, 0.2) is 0 Å². The smallest absolute Gasteiger partial charge is 0.373 e. The fourth-order valence-corrected chi connectivity index (χ4v) is 2.35. The third kappa shape index (κ3) is 4.93. The van der Waals surface area contributed by atoms with Crippen LogP contribution in [-0.4, -0.2) is 21.6 Å². The lowest BCUT2D eigenvalue weighted by Crippen LogP contribution is -1.85. The highest BCUT2D eigenvalue weighted by atomic mass is 35.5. The summed E-state index contributed by atoms with van der Waals surface area (Å²) in [5.74, 6) is 1.07. The van der Waals surface area contributed by atoms with Crippen molar-refractivity contribution >= 4 is 29.4 Å². The molecule has 0 amide bonds. The van der Waals surface area contributed by atoms with Gasteiger partial charge in [0, 0.05) is 10.0 Å². The zero-order valence-corrected chi connectivity index (χ0v) is 13.0. The van der Waals surface area contributed by atoms with Crippen LogP contribution < -0.4 is 4.74 Å². The van der Waals surface area contributed by atoms with E-state index in [9.17, 15) is 0 Å². The summed E-state index contributed by atoms with van der Waals surface area (Å²) in [4.78, 5) is 16.2. The van der Waals surface area contributed by atoms with Crippen molar-refractivity contribution in [3.05, 3.63) is 58.7 Å². The van der Waals surface area contributed by atoms with Gasteiger partial charge in [-0.15, -0.1) is 5.10 Å². The second-order valence-electron chi connectivity index (χ2n) is 4.18. The van der Waals surface area contributed by atoms with E-state index < -0.39 is 0 Å². The molecule has 0 spiro atoms. The van der Waals surface area contributed by atoms with E-state index in [0.29, 0.717) is 21.7 Å². The highest BCUT2D eigenvalue weighted by Crippen LogP contribution is 2.30. The van der Waals surface area contributed by atoms with E-state index in [0.717, 1.165) is 11.1 Å². The van der Waals surface area contributed by atoms with Crippen LogP contribution in [0.1, 0.15) is 0 Å². The zero-order valence-electron chi connectivity index (χ0n) is 11.5. The lowest BCUT2D eigenvalue weighted by atomic mass is 10.1. The lowest BCUT2D eigenvalue weighted by Gasteiger charge is -2.06. The van der Waals surface area contributed by atoms with Gasteiger partial charge in [0.1, 0.15) is 11.9 Å². The van der Waals surface area contributed by atoms with Crippen molar-refractivity contribution in [2.75, 3.05) is 0 Å². The fourth-order valence-electron chi connectivity index (χ4n) is 1.82. The Labute approximate surface area is 141 Å². The molecule has 0 atom stereocenters. The van der Waals surface area contributed by atoms with Gasteiger partial charge in [0.25, 0.3) is 5.88 Å². The van der Waals surface area contributed by atoms with Gasteiger partial charge in [-0.3, -0.25) is 0 Å². The Hall–Kier alpha value is -2.66. The van der Waals surface area contributed by atoms with Gasteiger partial charge in [-0.1, -0.05) is 35.3 Å². The van der Waals surface area contributed by atoms with Crippen molar-refractivity contribution in [2.45, 2.75) is 0 Å². The second-order valence-corrected chi connectivity index (χ2v) is 5.05. The van der Waals surface area contributed by atoms with Crippen LogP contribution in [0, 0.1) is 0 Å². The number of rotatable bonds is 3. The highest BCUT2D eigenvalue weighted by molar-refractivity contribution is 6.35.